The van der Waals surface area contributed by atoms with Gasteiger partial charge in [0.05, 0.1) is 6.54 Å². The third-order valence-electron chi connectivity index (χ3n) is 3.38. The summed E-state index contributed by atoms with van der Waals surface area (Å²) < 4.78 is 0. The predicted molar refractivity (Wildman–Crippen MR) is 80.9 cm³/mol. The maximum Gasteiger partial charge on any atom is 0.217 e. The molecule has 0 aromatic heterocycles. The minimum Gasteiger partial charge on any atom is -0.345 e. The summed E-state index contributed by atoms with van der Waals surface area (Å²) in [4.78, 5) is 23.1. The Kier molecular flexibility index (Phi) is 3.29. The van der Waals surface area contributed by atoms with E-state index in [0.29, 0.717) is 12.1 Å². The fourth-order valence-electron chi connectivity index (χ4n) is 2.42. The summed E-state index contributed by atoms with van der Waals surface area (Å²) >= 11 is 0. The Bertz CT molecular complexity index is 809. The van der Waals surface area contributed by atoms with Gasteiger partial charge in [-0.05, 0) is 23.3 Å². The van der Waals surface area contributed by atoms with Crippen molar-refractivity contribution in [3.63, 3.8) is 0 Å². The number of benzene rings is 2. The molecule has 1 N–H and O–H groups in total. The maximum atomic E-state index is 12.4. The lowest BCUT2D eigenvalue weighted by Crippen LogP contribution is -2.19. The van der Waals surface area contributed by atoms with Crippen LogP contribution in [0.5, 0.6) is 0 Å². The van der Waals surface area contributed by atoms with E-state index in [2.05, 4.69) is 17.2 Å². The van der Waals surface area contributed by atoms with Crippen LogP contribution in [0.4, 0.5) is 0 Å². The van der Waals surface area contributed by atoms with Crippen LogP contribution in [0.1, 0.15) is 28.4 Å². The summed E-state index contributed by atoms with van der Waals surface area (Å²) in [6, 6.07) is 13.3. The molecule has 1 aliphatic carbocycles. The van der Waals surface area contributed by atoms with E-state index >= 15 is 0 Å². The molecule has 0 unspecified atom stereocenters. The van der Waals surface area contributed by atoms with Crippen LogP contribution in [-0.4, -0.2) is 18.2 Å². The standard InChI is InChI=1S/C18H13NO2/c1-12(20)19-10-4-5-13-8-9-15-14-6-2-3-7-16(14)18(21)17(15)11-13/h2-3,6-9,11H,10H2,1H3,(H,19,20). The lowest BCUT2D eigenvalue weighted by molar-refractivity contribution is -0.118. The Balaban J connectivity index is 1.91. The molecule has 3 heteroatoms. The first-order chi connectivity index (χ1) is 10.2. The summed E-state index contributed by atoms with van der Waals surface area (Å²) in [6.07, 6.45) is 0. The molecule has 1 aliphatic rings. The molecule has 0 heterocycles. The molecule has 0 aliphatic heterocycles. The molecule has 102 valence electrons. The van der Waals surface area contributed by atoms with Gasteiger partial charge in [0.15, 0.2) is 5.78 Å². The largest absolute Gasteiger partial charge is 0.345 e. The van der Waals surface area contributed by atoms with Crippen molar-refractivity contribution in [3.05, 3.63) is 59.2 Å². The third kappa shape index (κ3) is 2.44. The molecule has 2 aromatic carbocycles. The summed E-state index contributed by atoms with van der Waals surface area (Å²) in [5.41, 5.74) is 4.16. The summed E-state index contributed by atoms with van der Waals surface area (Å²) in [5, 5.41) is 2.61. The van der Waals surface area contributed by atoms with Crippen molar-refractivity contribution in [1.82, 2.24) is 5.32 Å². The number of rotatable bonds is 1. The van der Waals surface area contributed by atoms with Gasteiger partial charge in [0.25, 0.3) is 0 Å². The SMILES string of the molecule is CC(=O)NCC#Cc1ccc2c(c1)C(=O)c1ccccc1-2. The molecular weight excluding hydrogens is 262 g/mol. The highest BCUT2D eigenvalue weighted by molar-refractivity contribution is 6.21. The van der Waals surface area contributed by atoms with Crippen LogP contribution in [-0.2, 0) is 4.79 Å². The number of carbonyl (C=O) groups is 2. The average Bonchev–Trinajstić information content (AvgIpc) is 2.77. The van der Waals surface area contributed by atoms with Crippen LogP contribution in [0.25, 0.3) is 11.1 Å². The number of hydrogen-bond donors (Lipinski definition) is 1. The van der Waals surface area contributed by atoms with Gasteiger partial charge in [-0.25, -0.2) is 0 Å². The van der Waals surface area contributed by atoms with Crippen LogP contribution in [0.3, 0.4) is 0 Å². The van der Waals surface area contributed by atoms with E-state index < -0.39 is 0 Å². The van der Waals surface area contributed by atoms with E-state index in [1.54, 1.807) is 0 Å². The highest BCUT2D eigenvalue weighted by Crippen LogP contribution is 2.36. The average molecular weight is 275 g/mol. The van der Waals surface area contributed by atoms with Gasteiger partial charge in [-0.2, -0.15) is 0 Å². The maximum absolute atomic E-state index is 12.4. The minimum atomic E-state index is -0.108. The predicted octanol–water partition coefficient (Wildman–Crippen LogP) is 2.39. The Morgan fingerprint density at radius 3 is 2.52 bits per heavy atom. The van der Waals surface area contributed by atoms with Crippen molar-refractivity contribution in [2.45, 2.75) is 6.92 Å². The van der Waals surface area contributed by atoms with E-state index in [1.807, 2.05) is 42.5 Å². The van der Waals surface area contributed by atoms with Gasteiger partial charge in [-0.15, -0.1) is 0 Å². The first kappa shape index (κ1) is 13.1. The minimum absolute atomic E-state index is 0.0473. The van der Waals surface area contributed by atoms with E-state index in [-0.39, 0.29) is 11.7 Å². The second kappa shape index (κ2) is 5.26. The topological polar surface area (TPSA) is 46.2 Å². The normalized spacial score (nSPS) is 11.2. The summed E-state index contributed by atoms with van der Waals surface area (Å²) in [5.74, 6) is 5.77. The molecule has 2 aromatic rings. The number of fused-ring (bicyclic) bond motifs is 3. The van der Waals surface area contributed by atoms with Crippen LogP contribution in [0.2, 0.25) is 0 Å². The summed E-state index contributed by atoms with van der Waals surface area (Å²) in [7, 11) is 0. The van der Waals surface area contributed by atoms with Gasteiger partial charge >= 0.3 is 0 Å². The lowest BCUT2D eigenvalue weighted by atomic mass is 10.0. The molecule has 0 radical (unpaired) electrons. The molecule has 1 amide bonds. The summed E-state index contributed by atoms with van der Waals surface area (Å²) in [6.45, 7) is 1.76. The van der Waals surface area contributed by atoms with Crippen molar-refractivity contribution < 1.29 is 9.59 Å². The van der Waals surface area contributed by atoms with Gasteiger partial charge in [0.1, 0.15) is 0 Å². The van der Waals surface area contributed by atoms with Gasteiger partial charge in [0, 0.05) is 23.6 Å². The number of ketones is 1. The Morgan fingerprint density at radius 1 is 1.05 bits per heavy atom. The van der Waals surface area contributed by atoms with Crippen molar-refractivity contribution in [1.29, 1.82) is 0 Å². The van der Waals surface area contributed by atoms with Crippen molar-refractivity contribution in [2.24, 2.45) is 0 Å². The number of carbonyl (C=O) groups excluding carboxylic acids is 2. The first-order valence-corrected chi connectivity index (χ1v) is 6.68. The van der Waals surface area contributed by atoms with Gasteiger partial charge < -0.3 is 5.32 Å². The monoisotopic (exact) mass is 275 g/mol. The lowest BCUT2D eigenvalue weighted by Gasteiger charge is -1.99. The highest BCUT2D eigenvalue weighted by atomic mass is 16.1. The van der Waals surface area contributed by atoms with Gasteiger partial charge in [-0.3, -0.25) is 9.59 Å². The smallest absolute Gasteiger partial charge is 0.217 e. The zero-order valence-corrected chi connectivity index (χ0v) is 11.6. The molecule has 0 fully saturated rings. The highest BCUT2D eigenvalue weighted by Gasteiger charge is 2.25. The fourth-order valence-corrected chi connectivity index (χ4v) is 2.42. The van der Waals surface area contributed by atoms with Gasteiger partial charge in [-0.1, -0.05) is 42.2 Å². The molecular formula is C18H13NO2. The Morgan fingerprint density at radius 2 is 1.76 bits per heavy atom. The van der Waals surface area contributed by atoms with Crippen LogP contribution < -0.4 is 5.32 Å². The van der Waals surface area contributed by atoms with E-state index in [0.717, 1.165) is 22.3 Å². The van der Waals surface area contributed by atoms with Crippen LogP contribution in [0.15, 0.2) is 42.5 Å². The van der Waals surface area contributed by atoms with Gasteiger partial charge in [0.2, 0.25) is 5.91 Å². The number of hydrogen-bond acceptors (Lipinski definition) is 2. The molecule has 0 atom stereocenters. The first-order valence-electron chi connectivity index (χ1n) is 6.68. The molecule has 3 rings (SSSR count). The number of nitrogens with one attached hydrogen (secondary N) is 1. The zero-order valence-electron chi connectivity index (χ0n) is 11.6. The molecule has 0 spiro atoms. The van der Waals surface area contributed by atoms with Crippen LogP contribution >= 0.6 is 0 Å². The van der Waals surface area contributed by atoms with Crippen molar-refractivity contribution in [2.75, 3.05) is 6.54 Å². The Hall–Kier alpha value is -2.86. The van der Waals surface area contributed by atoms with Crippen molar-refractivity contribution in [3.8, 4) is 23.0 Å². The molecule has 0 saturated heterocycles. The van der Waals surface area contributed by atoms with E-state index in [9.17, 15) is 9.59 Å². The zero-order chi connectivity index (χ0) is 14.8. The van der Waals surface area contributed by atoms with E-state index in [4.69, 9.17) is 0 Å². The second-order valence-electron chi connectivity index (χ2n) is 4.85. The number of amides is 1. The molecule has 0 bridgehead atoms. The Labute approximate surface area is 123 Å². The van der Waals surface area contributed by atoms with Crippen molar-refractivity contribution >= 4 is 11.7 Å². The fraction of sp³-hybridized carbons (Fsp3) is 0.111. The second-order valence-corrected chi connectivity index (χ2v) is 4.85. The molecule has 0 saturated carbocycles. The van der Waals surface area contributed by atoms with Crippen LogP contribution in [0, 0.1) is 11.8 Å². The van der Waals surface area contributed by atoms with E-state index in [1.165, 1.54) is 6.92 Å². The quantitative estimate of drug-likeness (QED) is 0.693. The molecule has 3 nitrogen and oxygen atoms in total. The molecule has 21 heavy (non-hydrogen) atoms. The third-order valence-corrected chi connectivity index (χ3v) is 3.38.